The monoisotopic (exact) mass is 449 g/mol. The molecule has 168 valence electrons. The maximum absolute atomic E-state index is 13.2. The van der Waals surface area contributed by atoms with Crippen LogP contribution >= 0.6 is 0 Å². The van der Waals surface area contributed by atoms with Gasteiger partial charge in [-0.2, -0.15) is 13.2 Å². The van der Waals surface area contributed by atoms with E-state index in [-0.39, 0.29) is 6.54 Å². The molecule has 32 heavy (non-hydrogen) atoms. The Hall–Kier alpha value is -3.43. The molecular weight excluding hydrogens is 430 g/mol. The first kappa shape index (κ1) is 21.8. The number of anilines is 1. The van der Waals surface area contributed by atoms with Crippen molar-refractivity contribution in [3.05, 3.63) is 65.0 Å². The van der Waals surface area contributed by atoms with Crippen LogP contribution in [0.5, 0.6) is 0 Å². The number of alkyl halides is 3. The molecule has 2 aliphatic heterocycles. The molecule has 1 atom stereocenters. The summed E-state index contributed by atoms with van der Waals surface area (Å²) in [5, 5.41) is 2.54. The number of amides is 4. The molecule has 0 radical (unpaired) electrons. The van der Waals surface area contributed by atoms with E-state index >= 15 is 0 Å². The number of nitrogens with zero attached hydrogens (tertiary/aromatic N) is 2. The lowest BCUT2D eigenvalue weighted by atomic mass is 9.92. The summed E-state index contributed by atoms with van der Waals surface area (Å²) in [6.07, 6.45) is -3.66. The number of urea groups is 1. The number of benzene rings is 2. The number of hydrogen-bond donors (Lipinski definition) is 1. The van der Waals surface area contributed by atoms with E-state index in [9.17, 15) is 31.9 Å². The third-order valence-electron chi connectivity index (χ3n) is 5.82. The zero-order valence-corrected chi connectivity index (χ0v) is 17.0. The van der Waals surface area contributed by atoms with Gasteiger partial charge in [-0.3, -0.25) is 14.5 Å². The van der Waals surface area contributed by atoms with Gasteiger partial charge in [0.2, 0.25) is 5.91 Å². The molecule has 0 saturated carbocycles. The van der Waals surface area contributed by atoms with Gasteiger partial charge in [0, 0.05) is 12.2 Å². The normalized spacial score (nSPS) is 20.9. The smallest absolute Gasteiger partial charge is 0.319 e. The number of halogens is 4. The Morgan fingerprint density at radius 2 is 1.81 bits per heavy atom. The minimum absolute atomic E-state index is 0.260. The lowest BCUT2D eigenvalue weighted by Gasteiger charge is -2.31. The van der Waals surface area contributed by atoms with E-state index in [4.69, 9.17) is 0 Å². The Morgan fingerprint density at radius 3 is 2.47 bits per heavy atom. The highest BCUT2D eigenvalue weighted by molar-refractivity contribution is 6.10. The molecular formula is C22H19F4N3O3. The second-order valence-corrected chi connectivity index (χ2v) is 7.94. The first-order valence-corrected chi connectivity index (χ1v) is 9.91. The van der Waals surface area contributed by atoms with Gasteiger partial charge in [0.05, 0.1) is 5.56 Å². The molecule has 2 aliphatic rings. The summed E-state index contributed by atoms with van der Waals surface area (Å²) in [7, 11) is 0. The number of aryl methyl sites for hydroxylation is 1. The summed E-state index contributed by atoms with van der Waals surface area (Å²) in [5.41, 5.74) is -1.19. The predicted octanol–water partition coefficient (Wildman–Crippen LogP) is 3.59. The fourth-order valence-corrected chi connectivity index (χ4v) is 4.07. The molecule has 0 bridgehead atoms. The van der Waals surface area contributed by atoms with Gasteiger partial charge in [0.1, 0.15) is 17.9 Å². The molecule has 0 aromatic heterocycles. The minimum Gasteiger partial charge on any atom is -0.319 e. The van der Waals surface area contributed by atoms with Gasteiger partial charge >= 0.3 is 12.2 Å². The number of imide groups is 1. The van der Waals surface area contributed by atoms with Gasteiger partial charge in [-0.1, -0.05) is 12.1 Å². The van der Waals surface area contributed by atoms with E-state index in [0.717, 1.165) is 29.2 Å². The molecule has 1 saturated heterocycles. The molecule has 2 aromatic carbocycles. The summed E-state index contributed by atoms with van der Waals surface area (Å²) in [6, 6.07) is 7.46. The first-order chi connectivity index (χ1) is 15.0. The molecule has 2 heterocycles. The van der Waals surface area contributed by atoms with Crippen LogP contribution in [0.4, 0.5) is 28.0 Å². The Kier molecular flexibility index (Phi) is 5.18. The van der Waals surface area contributed by atoms with E-state index in [2.05, 4.69) is 5.32 Å². The van der Waals surface area contributed by atoms with Crippen molar-refractivity contribution in [2.45, 2.75) is 31.5 Å². The summed E-state index contributed by atoms with van der Waals surface area (Å²) in [6.45, 7) is 1.15. The van der Waals surface area contributed by atoms with Gasteiger partial charge in [0.25, 0.3) is 5.91 Å². The standard InChI is InChI=1S/C22H19F4N3O3/c1-21(14-4-7-16(23)8-5-14)19(31)29(20(32)27-21)12-18(30)28-10-2-3-13-11-15(22(24,25)26)6-9-17(13)28/h4-9,11H,2-3,10,12H2,1H3,(H,27,32). The summed E-state index contributed by atoms with van der Waals surface area (Å²) in [4.78, 5) is 40.5. The van der Waals surface area contributed by atoms with Gasteiger partial charge in [-0.15, -0.1) is 0 Å². The number of hydrogen-bond acceptors (Lipinski definition) is 3. The molecule has 1 N–H and O–H groups in total. The molecule has 4 amide bonds. The highest BCUT2D eigenvalue weighted by atomic mass is 19.4. The second kappa shape index (κ2) is 7.61. The quantitative estimate of drug-likeness (QED) is 0.575. The Morgan fingerprint density at radius 1 is 1.12 bits per heavy atom. The van der Waals surface area contributed by atoms with Crippen LogP contribution in [0.3, 0.4) is 0 Å². The second-order valence-electron chi connectivity index (χ2n) is 7.94. The molecule has 0 spiro atoms. The minimum atomic E-state index is -4.49. The largest absolute Gasteiger partial charge is 0.416 e. The van der Waals surface area contributed by atoms with Crippen molar-refractivity contribution >= 4 is 23.5 Å². The van der Waals surface area contributed by atoms with Crippen LogP contribution in [0, 0.1) is 5.82 Å². The Bertz CT molecular complexity index is 1100. The number of nitrogens with one attached hydrogen (secondary N) is 1. The van der Waals surface area contributed by atoms with Gasteiger partial charge in [0.15, 0.2) is 0 Å². The van der Waals surface area contributed by atoms with Crippen molar-refractivity contribution in [3.63, 3.8) is 0 Å². The highest BCUT2D eigenvalue weighted by Gasteiger charge is 2.50. The predicted molar refractivity (Wildman–Crippen MR) is 106 cm³/mol. The third-order valence-corrected chi connectivity index (χ3v) is 5.82. The van der Waals surface area contributed by atoms with Gasteiger partial charge < -0.3 is 10.2 Å². The van der Waals surface area contributed by atoms with Crippen molar-refractivity contribution in [1.29, 1.82) is 0 Å². The van der Waals surface area contributed by atoms with E-state index in [1.807, 2.05) is 0 Å². The number of carbonyl (C=O) groups is 3. The molecule has 6 nitrogen and oxygen atoms in total. The molecule has 4 rings (SSSR count). The third kappa shape index (κ3) is 3.69. The van der Waals surface area contributed by atoms with Crippen molar-refractivity contribution in [2.75, 3.05) is 18.0 Å². The average Bonchev–Trinajstić information content (AvgIpc) is 2.96. The summed E-state index contributed by atoms with van der Waals surface area (Å²) < 4.78 is 52.3. The summed E-state index contributed by atoms with van der Waals surface area (Å²) in [5.74, 6) is -1.76. The first-order valence-electron chi connectivity index (χ1n) is 9.91. The van der Waals surface area contributed by atoms with E-state index in [0.29, 0.717) is 29.7 Å². The lowest BCUT2D eigenvalue weighted by molar-refractivity contribution is -0.137. The van der Waals surface area contributed by atoms with Crippen LogP contribution in [0.25, 0.3) is 0 Å². The lowest BCUT2D eigenvalue weighted by Crippen LogP contribution is -2.46. The molecule has 0 aliphatic carbocycles. The fraction of sp³-hybridized carbons (Fsp3) is 0.318. The van der Waals surface area contributed by atoms with Crippen molar-refractivity contribution in [3.8, 4) is 0 Å². The van der Waals surface area contributed by atoms with Crippen molar-refractivity contribution in [1.82, 2.24) is 10.2 Å². The summed E-state index contributed by atoms with van der Waals surface area (Å²) >= 11 is 0. The fourth-order valence-electron chi connectivity index (χ4n) is 4.07. The zero-order valence-electron chi connectivity index (χ0n) is 17.0. The Balaban J connectivity index is 1.55. The van der Waals surface area contributed by atoms with Crippen LogP contribution in [0.1, 0.15) is 30.0 Å². The van der Waals surface area contributed by atoms with Crippen LogP contribution in [0.15, 0.2) is 42.5 Å². The molecule has 2 aromatic rings. The topological polar surface area (TPSA) is 69.7 Å². The van der Waals surface area contributed by atoms with Crippen molar-refractivity contribution in [2.24, 2.45) is 0 Å². The van der Waals surface area contributed by atoms with E-state index < -0.39 is 47.5 Å². The van der Waals surface area contributed by atoms with Crippen molar-refractivity contribution < 1.29 is 31.9 Å². The van der Waals surface area contributed by atoms with Crippen LogP contribution in [-0.2, 0) is 27.7 Å². The number of rotatable bonds is 3. The van der Waals surface area contributed by atoms with E-state index in [1.54, 1.807) is 0 Å². The maximum atomic E-state index is 13.2. The highest BCUT2D eigenvalue weighted by Crippen LogP contribution is 2.35. The average molecular weight is 449 g/mol. The number of fused-ring (bicyclic) bond motifs is 1. The van der Waals surface area contributed by atoms with Gasteiger partial charge in [-0.05, 0) is 61.2 Å². The zero-order chi connectivity index (χ0) is 23.3. The van der Waals surface area contributed by atoms with Crippen LogP contribution in [0.2, 0.25) is 0 Å². The van der Waals surface area contributed by atoms with Crippen LogP contribution < -0.4 is 10.2 Å². The molecule has 1 fully saturated rings. The Labute approximate surface area is 180 Å². The van der Waals surface area contributed by atoms with E-state index in [1.165, 1.54) is 30.0 Å². The number of carbonyl (C=O) groups excluding carboxylic acids is 3. The maximum Gasteiger partial charge on any atom is 0.416 e. The molecule has 1 unspecified atom stereocenters. The van der Waals surface area contributed by atoms with Gasteiger partial charge in [-0.25, -0.2) is 9.18 Å². The molecule has 10 heteroatoms. The van der Waals surface area contributed by atoms with Crippen LogP contribution in [-0.4, -0.2) is 35.8 Å². The SMILES string of the molecule is CC1(c2ccc(F)cc2)NC(=O)N(CC(=O)N2CCCc3cc(C(F)(F)F)ccc32)C1=O.